The van der Waals surface area contributed by atoms with Crippen molar-refractivity contribution in [2.24, 2.45) is 16.1 Å². The number of hydrogen-bond acceptors (Lipinski definition) is 3. The van der Waals surface area contributed by atoms with Gasteiger partial charge in [0.05, 0.1) is 5.41 Å². The number of halogens is 2. The summed E-state index contributed by atoms with van der Waals surface area (Å²) in [6.07, 6.45) is 2.84. The van der Waals surface area contributed by atoms with E-state index < -0.39 is 11.0 Å². The van der Waals surface area contributed by atoms with Gasteiger partial charge >= 0.3 is 0 Å². The highest BCUT2D eigenvalue weighted by molar-refractivity contribution is 6.30. The zero-order valence-corrected chi connectivity index (χ0v) is 18.6. The number of amides is 1. The molecule has 30 heavy (non-hydrogen) atoms. The highest BCUT2D eigenvalue weighted by Gasteiger charge is 2.53. The van der Waals surface area contributed by atoms with Crippen LogP contribution in [0.15, 0.2) is 41.4 Å². The number of nitrogens with two attached hydrogens (primary N) is 1. The van der Waals surface area contributed by atoms with E-state index in [1.54, 1.807) is 27.8 Å². The van der Waals surface area contributed by atoms with Crippen LogP contribution in [0.1, 0.15) is 55.4 Å². The highest BCUT2D eigenvalue weighted by Crippen LogP contribution is 2.47. The standard InChI is InChI=1S/C24H27ClFN3O/c1-23(2)21(30)29(4)22(27)28-24(23,3)19-12-14(5-10-20(19)26)11-15-6-7-16-13-17(25)8-9-18(15)16/h5,8-10,12-13,15H,6-7,11H2,1-4H3,(H2,27,28)/t15?,24-/m1/s1. The minimum atomic E-state index is -1.10. The molecule has 4 nitrogen and oxygen atoms in total. The van der Waals surface area contributed by atoms with Gasteiger partial charge in [0, 0.05) is 17.6 Å². The van der Waals surface area contributed by atoms with Crippen LogP contribution in [0.4, 0.5) is 4.39 Å². The normalized spacial score (nSPS) is 25.3. The van der Waals surface area contributed by atoms with E-state index in [-0.39, 0.29) is 17.7 Å². The van der Waals surface area contributed by atoms with Crippen molar-refractivity contribution in [2.75, 3.05) is 7.05 Å². The van der Waals surface area contributed by atoms with Gasteiger partial charge in [0.25, 0.3) is 0 Å². The summed E-state index contributed by atoms with van der Waals surface area (Å²) in [4.78, 5) is 18.8. The number of fused-ring (bicyclic) bond motifs is 1. The Morgan fingerprint density at radius 1 is 1.23 bits per heavy atom. The average Bonchev–Trinajstić information content (AvgIpc) is 3.08. The van der Waals surface area contributed by atoms with Crippen LogP contribution in [0.3, 0.4) is 0 Å². The molecule has 6 heteroatoms. The van der Waals surface area contributed by atoms with Crippen molar-refractivity contribution in [3.05, 3.63) is 69.5 Å². The Kier molecular flexibility index (Phi) is 4.93. The Morgan fingerprint density at radius 2 is 1.97 bits per heavy atom. The van der Waals surface area contributed by atoms with Gasteiger partial charge in [-0.25, -0.2) is 9.38 Å². The van der Waals surface area contributed by atoms with Crippen molar-refractivity contribution in [2.45, 2.75) is 51.5 Å². The molecule has 0 saturated heterocycles. The van der Waals surface area contributed by atoms with Gasteiger partial charge in [-0.3, -0.25) is 9.69 Å². The smallest absolute Gasteiger partial charge is 0.237 e. The van der Waals surface area contributed by atoms with E-state index >= 15 is 4.39 Å². The van der Waals surface area contributed by atoms with E-state index in [1.165, 1.54) is 22.1 Å². The molecule has 2 aromatic carbocycles. The third-order valence-electron chi connectivity index (χ3n) is 7.08. The van der Waals surface area contributed by atoms with Crippen molar-refractivity contribution < 1.29 is 9.18 Å². The molecule has 0 fully saturated rings. The van der Waals surface area contributed by atoms with Gasteiger partial charge in [0.2, 0.25) is 5.91 Å². The first-order chi connectivity index (χ1) is 14.0. The highest BCUT2D eigenvalue weighted by atomic mass is 35.5. The van der Waals surface area contributed by atoms with E-state index in [4.69, 9.17) is 17.3 Å². The lowest BCUT2D eigenvalue weighted by atomic mass is 9.67. The number of aryl methyl sites for hydroxylation is 1. The summed E-state index contributed by atoms with van der Waals surface area (Å²) in [5.74, 6) is -0.0805. The monoisotopic (exact) mass is 427 g/mol. The van der Waals surface area contributed by atoms with Crippen LogP contribution in [0.2, 0.25) is 5.02 Å². The number of benzene rings is 2. The maximum Gasteiger partial charge on any atom is 0.237 e. The first-order valence-corrected chi connectivity index (χ1v) is 10.6. The van der Waals surface area contributed by atoms with Crippen LogP contribution in [0.5, 0.6) is 0 Å². The number of carbonyl (C=O) groups is 1. The zero-order chi connectivity index (χ0) is 21.8. The summed E-state index contributed by atoms with van der Waals surface area (Å²) >= 11 is 6.14. The number of hydrogen-bond donors (Lipinski definition) is 1. The maximum absolute atomic E-state index is 15.0. The first kappa shape index (κ1) is 20.9. The quantitative estimate of drug-likeness (QED) is 0.766. The van der Waals surface area contributed by atoms with Gasteiger partial charge < -0.3 is 5.73 Å². The molecule has 2 N–H and O–H groups in total. The van der Waals surface area contributed by atoms with Crippen LogP contribution in [-0.4, -0.2) is 23.8 Å². The molecule has 2 aromatic rings. The first-order valence-electron chi connectivity index (χ1n) is 10.3. The van der Waals surface area contributed by atoms with Gasteiger partial charge in [-0.05, 0) is 80.8 Å². The molecule has 0 saturated carbocycles. The summed E-state index contributed by atoms with van der Waals surface area (Å²) in [5.41, 5.74) is 8.01. The summed E-state index contributed by atoms with van der Waals surface area (Å²) in [7, 11) is 1.60. The SMILES string of the molecule is CN1C(=O)C(C)(C)[C@@](C)(c2cc(CC3CCc4cc(Cl)ccc43)ccc2F)N=C1N. The van der Waals surface area contributed by atoms with Gasteiger partial charge in [-0.15, -0.1) is 0 Å². The number of guanidine groups is 1. The Hall–Kier alpha value is -2.40. The molecule has 2 atom stereocenters. The second-order valence-electron chi connectivity index (χ2n) is 9.13. The molecule has 1 unspecified atom stereocenters. The van der Waals surface area contributed by atoms with Crippen molar-refractivity contribution >= 4 is 23.5 Å². The van der Waals surface area contributed by atoms with Gasteiger partial charge in [0.15, 0.2) is 5.96 Å². The molecule has 1 heterocycles. The molecular formula is C24H27ClFN3O. The number of carbonyl (C=O) groups excluding carboxylic acids is 1. The Labute approximate surface area is 181 Å². The van der Waals surface area contributed by atoms with Crippen molar-refractivity contribution in [1.82, 2.24) is 4.90 Å². The van der Waals surface area contributed by atoms with E-state index in [2.05, 4.69) is 11.1 Å². The molecule has 1 aliphatic heterocycles. The van der Waals surface area contributed by atoms with Crippen LogP contribution >= 0.6 is 11.6 Å². The average molecular weight is 428 g/mol. The van der Waals surface area contributed by atoms with Crippen molar-refractivity contribution in [1.29, 1.82) is 0 Å². The lowest BCUT2D eigenvalue weighted by molar-refractivity contribution is -0.140. The summed E-state index contributed by atoms with van der Waals surface area (Å²) in [5, 5.41) is 0.760. The molecule has 1 amide bonds. The summed E-state index contributed by atoms with van der Waals surface area (Å²) in [6.45, 7) is 5.38. The lowest BCUT2D eigenvalue weighted by Gasteiger charge is -2.46. The maximum atomic E-state index is 15.0. The van der Waals surface area contributed by atoms with Crippen LogP contribution < -0.4 is 5.73 Å². The van der Waals surface area contributed by atoms with Gasteiger partial charge in [0.1, 0.15) is 11.4 Å². The number of rotatable bonds is 3. The fourth-order valence-electron chi connectivity index (χ4n) is 4.82. The predicted octanol–water partition coefficient (Wildman–Crippen LogP) is 4.78. The largest absolute Gasteiger partial charge is 0.369 e. The van der Waals surface area contributed by atoms with E-state index in [9.17, 15) is 4.79 Å². The molecule has 0 spiro atoms. The van der Waals surface area contributed by atoms with Crippen LogP contribution in [0, 0.1) is 11.2 Å². The molecule has 2 aliphatic rings. The van der Waals surface area contributed by atoms with Crippen LogP contribution in [0.25, 0.3) is 0 Å². The zero-order valence-electron chi connectivity index (χ0n) is 17.8. The molecule has 0 radical (unpaired) electrons. The third-order valence-corrected chi connectivity index (χ3v) is 7.32. The Balaban J connectivity index is 1.72. The fraction of sp³-hybridized carbons (Fsp3) is 0.417. The molecule has 0 bridgehead atoms. The topological polar surface area (TPSA) is 58.7 Å². The predicted molar refractivity (Wildman–Crippen MR) is 118 cm³/mol. The molecule has 1 aliphatic carbocycles. The third kappa shape index (κ3) is 3.11. The molecule has 4 rings (SSSR count). The van der Waals surface area contributed by atoms with E-state index in [1.807, 2.05) is 24.3 Å². The van der Waals surface area contributed by atoms with Crippen LogP contribution in [-0.2, 0) is 23.2 Å². The number of nitrogens with zero attached hydrogens (tertiary/aromatic N) is 2. The van der Waals surface area contributed by atoms with Crippen molar-refractivity contribution in [3.63, 3.8) is 0 Å². The summed E-state index contributed by atoms with van der Waals surface area (Å²) < 4.78 is 15.0. The molecule has 0 aromatic heterocycles. The summed E-state index contributed by atoms with van der Waals surface area (Å²) in [6, 6.07) is 11.2. The minimum absolute atomic E-state index is 0.105. The van der Waals surface area contributed by atoms with Crippen molar-refractivity contribution in [3.8, 4) is 0 Å². The van der Waals surface area contributed by atoms with Gasteiger partial charge in [-0.1, -0.05) is 29.8 Å². The van der Waals surface area contributed by atoms with Gasteiger partial charge in [-0.2, -0.15) is 0 Å². The second kappa shape index (κ2) is 7.09. The lowest BCUT2D eigenvalue weighted by Crippen LogP contribution is -2.58. The Bertz CT molecular complexity index is 1060. The molecular weight excluding hydrogens is 401 g/mol. The molecule has 158 valence electrons. The fourth-order valence-corrected chi connectivity index (χ4v) is 5.01. The Morgan fingerprint density at radius 3 is 2.70 bits per heavy atom. The second-order valence-corrected chi connectivity index (χ2v) is 9.56. The van der Waals surface area contributed by atoms with E-state index in [0.29, 0.717) is 11.5 Å². The minimum Gasteiger partial charge on any atom is -0.369 e. The number of aliphatic imine (C=N–C) groups is 1. The van der Waals surface area contributed by atoms with E-state index in [0.717, 1.165) is 29.8 Å².